The van der Waals surface area contributed by atoms with Gasteiger partial charge in [-0.1, -0.05) is 38.1 Å². The van der Waals surface area contributed by atoms with Gasteiger partial charge in [0.2, 0.25) is 0 Å². The molecule has 0 radical (unpaired) electrons. The summed E-state index contributed by atoms with van der Waals surface area (Å²) in [6.07, 6.45) is 1.35. The predicted octanol–water partition coefficient (Wildman–Crippen LogP) is 3.60. The highest BCUT2D eigenvalue weighted by Crippen LogP contribution is 2.43. The normalized spacial score (nSPS) is 10.6. The summed E-state index contributed by atoms with van der Waals surface area (Å²) in [5.74, 6) is -0.406. The molecule has 0 fully saturated rings. The molecular weight excluding hydrogens is 240 g/mol. The fourth-order valence-electron chi connectivity index (χ4n) is 2.21. The fraction of sp³-hybridized carbons (Fsp3) is 0.250. The highest BCUT2D eigenvalue weighted by molar-refractivity contribution is 5.77. The molecule has 0 aliphatic heterocycles. The lowest BCUT2D eigenvalue weighted by molar-refractivity contribution is 0.391. The van der Waals surface area contributed by atoms with Crippen LogP contribution in [0.15, 0.2) is 30.3 Å². The highest BCUT2D eigenvalue weighted by atomic mass is 16.3. The lowest BCUT2D eigenvalue weighted by Gasteiger charge is -2.12. The third-order valence-electron chi connectivity index (χ3n) is 3.36. The molecule has 3 nitrogen and oxygen atoms in total. The van der Waals surface area contributed by atoms with E-state index in [0.29, 0.717) is 17.5 Å². The molecular formula is C16H18O3. The van der Waals surface area contributed by atoms with Crippen LogP contribution in [0.4, 0.5) is 0 Å². The van der Waals surface area contributed by atoms with E-state index < -0.39 is 0 Å². The minimum absolute atomic E-state index is 0.00898. The van der Waals surface area contributed by atoms with E-state index in [0.717, 1.165) is 17.5 Å². The van der Waals surface area contributed by atoms with Gasteiger partial charge in [0.1, 0.15) is 5.75 Å². The van der Waals surface area contributed by atoms with E-state index in [2.05, 4.69) is 0 Å². The Balaban J connectivity index is 2.62. The lowest BCUT2D eigenvalue weighted by atomic mass is 9.97. The summed E-state index contributed by atoms with van der Waals surface area (Å²) in [6, 6.07) is 9.19. The van der Waals surface area contributed by atoms with Gasteiger partial charge in [-0.2, -0.15) is 0 Å². The molecule has 100 valence electrons. The van der Waals surface area contributed by atoms with Gasteiger partial charge < -0.3 is 15.3 Å². The van der Waals surface area contributed by atoms with Crippen LogP contribution in [0.1, 0.15) is 25.0 Å². The van der Waals surface area contributed by atoms with Gasteiger partial charge in [0.25, 0.3) is 0 Å². The van der Waals surface area contributed by atoms with Crippen LogP contribution < -0.4 is 0 Å². The molecule has 0 spiro atoms. The second-order valence-electron chi connectivity index (χ2n) is 4.53. The third kappa shape index (κ3) is 2.36. The minimum Gasteiger partial charge on any atom is -0.508 e. The van der Waals surface area contributed by atoms with Crippen LogP contribution in [0.3, 0.4) is 0 Å². The standard InChI is InChI=1S/C16H18O3/c1-3-10-6-5-7-11(8-10)13-9-14(17)12(4-2)15(18)16(13)19/h5-9,17-19H,3-4H2,1-2H3. The Labute approximate surface area is 112 Å². The number of aromatic hydroxyl groups is 3. The Hall–Kier alpha value is -2.16. The average Bonchev–Trinajstić information content (AvgIpc) is 2.43. The summed E-state index contributed by atoms with van der Waals surface area (Å²) in [7, 11) is 0. The molecule has 0 aliphatic carbocycles. The number of hydrogen-bond donors (Lipinski definition) is 3. The average molecular weight is 258 g/mol. The van der Waals surface area contributed by atoms with Gasteiger partial charge in [0.05, 0.1) is 0 Å². The minimum atomic E-state index is -0.237. The fourth-order valence-corrected chi connectivity index (χ4v) is 2.21. The van der Waals surface area contributed by atoms with E-state index in [4.69, 9.17) is 0 Å². The first-order valence-corrected chi connectivity index (χ1v) is 6.44. The number of phenols is 3. The van der Waals surface area contributed by atoms with Gasteiger partial charge in [-0.05, 0) is 30.0 Å². The van der Waals surface area contributed by atoms with Crippen molar-refractivity contribution in [2.45, 2.75) is 26.7 Å². The number of phenolic OH excluding ortho intramolecular Hbond substituents is 3. The Morgan fingerprint density at radius 2 is 1.63 bits per heavy atom. The van der Waals surface area contributed by atoms with E-state index in [1.165, 1.54) is 6.07 Å². The van der Waals surface area contributed by atoms with Crippen molar-refractivity contribution < 1.29 is 15.3 Å². The smallest absolute Gasteiger partial charge is 0.166 e. The number of hydrogen-bond acceptors (Lipinski definition) is 3. The summed E-state index contributed by atoms with van der Waals surface area (Å²) in [6.45, 7) is 3.86. The van der Waals surface area contributed by atoms with E-state index >= 15 is 0 Å². The molecule has 0 unspecified atom stereocenters. The van der Waals surface area contributed by atoms with Crippen LogP contribution in [0.2, 0.25) is 0 Å². The Kier molecular flexibility index (Phi) is 3.65. The maximum Gasteiger partial charge on any atom is 0.166 e. The quantitative estimate of drug-likeness (QED) is 0.582. The van der Waals surface area contributed by atoms with Crippen LogP contribution in [0, 0.1) is 0 Å². The number of benzene rings is 2. The molecule has 2 aromatic rings. The Morgan fingerprint density at radius 3 is 2.26 bits per heavy atom. The van der Waals surface area contributed by atoms with Crippen molar-refractivity contribution >= 4 is 0 Å². The summed E-state index contributed by atoms with van der Waals surface area (Å²) in [5.41, 5.74) is 2.73. The highest BCUT2D eigenvalue weighted by Gasteiger charge is 2.16. The summed E-state index contributed by atoms with van der Waals surface area (Å²) in [5, 5.41) is 29.9. The van der Waals surface area contributed by atoms with Gasteiger partial charge in [-0.15, -0.1) is 0 Å². The maximum absolute atomic E-state index is 10.1. The Morgan fingerprint density at radius 1 is 0.895 bits per heavy atom. The van der Waals surface area contributed by atoms with Crippen molar-refractivity contribution in [1.82, 2.24) is 0 Å². The molecule has 3 heteroatoms. The van der Waals surface area contributed by atoms with Gasteiger partial charge in [0.15, 0.2) is 11.5 Å². The van der Waals surface area contributed by atoms with Gasteiger partial charge in [0, 0.05) is 11.1 Å². The second-order valence-corrected chi connectivity index (χ2v) is 4.53. The molecule has 0 heterocycles. The molecule has 2 rings (SSSR count). The first-order chi connectivity index (χ1) is 9.08. The van der Waals surface area contributed by atoms with Crippen molar-refractivity contribution in [3.63, 3.8) is 0 Å². The van der Waals surface area contributed by atoms with Crippen molar-refractivity contribution in [2.24, 2.45) is 0 Å². The SMILES string of the molecule is CCc1cccc(-c2cc(O)c(CC)c(O)c2O)c1. The summed E-state index contributed by atoms with van der Waals surface area (Å²) < 4.78 is 0. The molecule has 0 amide bonds. The first-order valence-electron chi connectivity index (χ1n) is 6.44. The van der Waals surface area contributed by atoms with Gasteiger partial charge in [-0.3, -0.25) is 0 Å². The van der Waals surface area contributed by atoms with E-state index in [9.17, 15) is 15.3 Å². The first kappa shape index (κ1) is 13.3. The molecule has 3 N–H and O–H groups in total. The summed E-state index contributed by atoms with van der Waals surface area (Å²) >= 11 is 0. The number of rotatable bonds is 3. The lowest BCUT2D eigenvalue weighted by Crippen LogP contribution is -1.89. The van der Waals surface area contributed by atoms with Crippen molar-refractivity contribution in [1.29, 1.82) is 0 Å². The maximum atomic E-state index is 10.1. The third-order valence-corrected chi connectivity index (χ3v) is 3.36. The van der Waals surface area contributed by atoms with Crippen molar-refractivity contribution in [3.05, 3.63) is 41.5 Å². The molecule has 0 saturated heterocycles. The van der Waals surface area contributed by atoms with Crippen LogP contribution in [0.25, 0.3) is 11.1 Å². The topological polar surface area (TPSA) is 60.7 Å². The van der Waals surface area contributed by atoms with Crippen LogP contribution in [-0.2, 0) is 12.8 Å². The summed E-state index contributed by atoms with van der Waals surface area (Å²) in [4.78, 5) is 0. The predicted molar refractivity (Wildman–Crippen MR) is 75.6 cm³/mol. The Bertz CT molecular complexity index is 603. The molecule has 0 saturated carbocycles. The zero-order valence-electron chi connectivity index (χ0n) is 11.1. The molecule has 0 atom stereocenters. The molecule has 2 aromatic carbocycles. The molecule has 0 bridgehead atoms. The van der Waals surface area contributed by atoms with E-state index in [1.54, 1.807) is 0 Å². The van der Waals surface area contributed by atoms with Gasteiger partial charge in [-0.25, -0.2) is 0 Å². The van der Waals surface area contributed by atoms with Crippen molar-refractivity contribution in [3.8, 4) is 28.4 Å². The van der Waals surface area contributed by atoms with Crippen molar-refractivity contribution in [2.75, 3.05) is 0 Å². The largest absolute Gasteiger partial charge is 0.508 e. The number of aryl methyl sites for hydroxylation is 1. The van der Waals surface area contributed by atoms with Crippen LogP contribution >= 0.6 is 0 Å². The van der Waals surface area contributed by atoms with E-state index in [-0.39, 0.29) is 17.2 Å². The monoisotopic (exact) mass is 258 g/mol. The van der Waals surface area contributed by atoms with Crippen LogP contribution in [-0.4, -0.2) is 15.3 Å². The second kappa shape index (κ2) is 5.22. The van der Waals surface area contributed by atoms with E-state index in [1.807, 2.05) is 38.1 Å². The molecule has 0 aromatic heterocycles. The molecule has 19 heavy (non-hydrogen) atoms. The zero-order chi connectivity index (χ0) is 14.0. The zero-order valence-corrected chi connectivity index (χ0v) is 11.1. The molecule has 0 aliphatic rings. The van der Waals surface area contributed by atoms with Gasteiger partial charge >= 0.3 is 0 Å². The van der Waals surface area contributed by atoms with Crippen LogP contribution in [0.5, 0.6) is 17.2 Å².